The van der Waals surface area contributed by atoms with E-state index >= 15 is 0 Å². The summed E-state index contributed by atoms with van der Waals surface area (Å²) < 4.78 is 11.1. The maximum Gasteiger partial charge on any atom is 0.287 e. The highest BCUT2D eigenvalue weighted by molar-refractivity contribution is 7.99. The molecule has 138 valence electrons. The zero-order valence-corrected chi connectivity index (χ0v) is 16.2. The Labute approximate surface area is 165 Å². The predicted octanol–water partition coefficient (Wildman–Crippen LogP) is 5.88. The van der Waals surface area contributed by atoms with Crippen molar-refractivity contribution in [2.75, 3.05) is 13.0 Å². The summed E-state index contributed by atoms with van der Waals surface area (Å²) in [6, 6.07) is 22.4. The summed E-state index contributed by atoms with van der Waals surface area (Å²) in [7, 11) is 1.52. The minimum atomic E-state index is -0.401. The molecule has 0 aromatic heterocycles. The fourth-order valence-electron chi connectivity index (χ4n) is 2.32. The Morgan fingerprint density at radius 3 is 2.15 bits per heavy atom. The monoisotopic (exact) mass is 399 g/mol. The van der Waals surface area contributed by atoms with Crippen molar-refractivity contribution in [3.63, 3.8) is 0 Å². The van der Waals surface area contributed by atoms with Gasteiger partial charge >= 0.3 is 0 Å². The average molecular weight is 399 g/mol. The summed E-state index contributed by atoms with van der Waals surface area (Å²) in [5.74, 6) is 1.14. The topological polar surface area (TPSA) is 61.6 Å². The molecule has 0 unspecified atom stereocenters. The van der Waals surface area contributed by atoms with E-state index in [1.165, 1.54) is 36.7 Å². The molecule has 0 atom stereocenters. The molecule has 0 bridgehead atoms. The molecule has 0 radical (unpaired) electrons. The summed E-state index contributed by atoms with van der Waals surface area (Å²) >= 11 is 2.82. The molecule has 0 amide bonds. The fourth-order valence-corrected chi connectivity index (χ4v) is 3.94. The highest BCUT2D eigenvalue weighted by Gasteiger charge is 2.21. The molecule has 0 fully saturated rings. The molecule has 3 aromatic carbocycles. The lowest BCUT2D eigenvalue weighted by Gasteiger charge is -2.12. The Kier molecular flexibility index (Phi) is 6.62. The second-order valence-corrected chi connectivity index (χ2v) is 7.47. The van der Waals surface area contributed by atoms with Gasteiger partial charge in [-0.05, 0) is 24.3 Å². The van der Waals surface area contributed by atoms with Gasteiger partial charge in [-0.2, -0.15) is 0 Å². The molecule has 27 heavy (non-hydrogen) atoms. The summed E-state index contributed by atoms with van der Waals surface area (Å²) in [5, 5.41) is 11.5. The van der Waals surface area contributed by atoms with E-state index in [-0.39, 0.29) is 5.69 Å². The second-order valence-electron chi connectivity index (χ2n) is 5.36. The number of rotatable bonds is 8. The number of methoxy groups -OCH3 is 1. The molecule has 0 aliphatic carbocycles. The molecule has 0 saturated heterocycles. The van der Waals surface area contributed by atoms with Crippen LogP contribution in [0.15, 0.2) is 87.5 Å². The average Bonchev–Trinajstić information content (AvgIpc) is 2.70. The van der Waals surface area contributed by atoms with Gasteiger partial charge in [-0.1, -0.05) is 59.9 Å². The molecule has 3 aromatic rings. The number of thioether (sulfide) groups is 1. The van der Waals surface area contributed by atoms with Crippen molar-refractivity contribution < 1.29 is 14.4 Å². The van der Waals surface area contributed by atoms with Gasteiger partial charge in [0.05, 0.1) is 23.0 Å². The maximum atomic E-state index is 11.5. The minimum Gasteiger partial charge on any atom is -0.493 e. The molecule has 0 aliphatic rings. The van der Waals surface area contributed by atoms with E-state index in [4.69, 9.17) is 9.47 Å². The van der Waals surface area contributed by atoms with Crippen LogP contribution < -0.4 is 9.47 Å². The number of ether oxygens (including phenoxy) is 2. The van der Waals surface area contributed by atoms with E-state index in [1.807, 2.05) is 60.7 Å². The highest BCUT2D eigenvalue weighted by atomic mass is 32.2. The van der Waals surface area contributed by atoms with Crippen LogP contribution >= 0.6 is 23.5 Å². The summed E-state index contributed by atoms with van der Waals surface area (Å²) in [6.07, 6.45) is 0. The van der Waals surface area contributed by atoms with Crippen LogP contribution in [-0.4, -0.2) is 18.0 Å². The Balaban J connectivity index is 1.81. The van der Waals surface area contributed by atoms with Crippen LogP contribution in [0.1, 0.15) is 0 Å². The number of nitrogens with zero attached hydrogens (tertiary/aromatic N) is 1. The quantitative estimate of drug-likeness (QED) is 0.204. The first-order valence-electron chi connectivity index (χ1n) is 8.07. The van der Waals surface area contributed by atoms with Gasteiger partial charge in [-0.25, -0.2) is 0 Å². The van der Waals surface area contributed by atoms with Crippen molar-refractivity contribution in [2.24, 2.45) is 0 Å². The normalized spacial score (nSPS) is 10.4. The Hall–Kier alpha value is -2.64. The second kappa shape index (κ2) is 9.34. The van der Waals surface area contributed by atoms with E-state index in [0.29, 0.717) is 22.3 Å². The number of hydrogen-bond donors (Lipinski definition) is 0. The van der Waals surface area contributed by atoms with Crippen molar-refractivity contribution in [3.05, 3.63) is 82.9 Å². The lowest BCUT2D eigenvalue weighted by atomic mass is 10.3. The molecule has 5 nitrogen and oxygen atoms in total. The molecule has 0 N–H and O–H groups in total. The first kappa shape index (κ1) is 19.1. The molecular formula is C20H17NO4S2. The van der Waals surface area contributed by atoms with Crippen LogP contribution in [0.2, 0.25) is 0 Å². The standard InChI is InChI=1S/C20H17NO4S2/c1-24-18-13-20(27-16-10-6-3-7-11-16)17(21(22)23)12-19(18)25-14-26-15-8-4-2-5-9-15/h2-13H,14H2,1H3. The maximum absolute atomic E-state index is 11.5. The Morgan fingerprint density at radius 2 is 1.56 bits per heavy atom. The van der Waals surface area contributed by atoms with Crippen LogP contribution in [0.25, 0.3) is 0 Å². The van der Waals surface area contributed by atoms with Crippen molar-refractivity contribution in [2.45, 2.75) is 14.7 Å². The minimum absolute atomic E-state index is 0.00985. The van der Waals surface area contributed by atoms with E-state index in [9.17, 15) is 10.1 Å². The lowest BCUT2D eigenvalue weighted by molar-refractivity contribution is -0.387. The highest BCUT2D eigenvalue weighted by Crippen LogP contribution is 2.42. The molecule has 3 rings (SSSR count). The summed E-state index contributed by atoms with van der Waals surface area (Å²) in [4.78, 5) is 13.6. The number of hydrogen-bond acceptors (Lipinski definition) is 6. The van der Waals surface area contributed by atoms with Crippen molar-refractivity contribution >= 4 is 29.2 Å². The fraction of sp³-hybridized carbons (Fsp3) is 0.100. The number of nitro groups is 1. The van der Waals surface area contributed by atoms with Gasteiger partial charge in [0.2, 0.25) is 0 Å². The smallest absolute Gasteiger partial charge is 0.287 e. The third-order valence-electron chi connectivity index (χ3n) is 3.60. The van der Waals surface area contributed by atoms with Gasteiger partial charge in [-0.3, -0.25) is 10.1 Å². The van der Waals surface area contributed by atoms with Crippen LogP contribution in [0.3, 0.4) is 0 Å². The summed E-state index contributed by atoms with van der Waals surface area (Å²) in [5.41, 5.74) is -0.00985. The van der Waals surface area contributed by atoms with Crippen LogP contribution in [0.5, 0.6) is 11.5 Å². The SMILES string of the molecule is COc1cc(Sc2ccccc2)c([N+](=O)[O-])cc1OCSc1ccccc1. The third kappa shape index (κ3) is 5.18. The third-order valence-corrected chi connectivity index (χ3v) is 5.49. The zero-order chi connectivity index (χ0) is 19.1. The van der Waals surface area contributed by atoms with Gasteiger partial charge in [0, 0.05) is 15.9 Å². The van der Waals surface area contributed by atoms with Crippen molar-refractivity contribution in [1.29, 1.82) is 0 Å². The van der Waals surface area contributed by atoms with E-state index in [1.54, 1.807) is 6.07 Å². The molecule has 0 heterocycles. The number of benzene rings is 3. The molecule has 0 aliphatic heterocycles. The van der Waals surface area contributed by atoms with E-state index in [0.717, 1.165) is 9.79 Å². The largest absolute Gasteiger partial charge is 0.493 e. The van der Waals surface area contributed by atoms with Gasteiger partial charge in [-0.15, -0.1) is 0 Å². The first-order chi connectivity index (χ1) is 13.2. The first-order valence-corrected chi connectivity index (χ1v) is 9.87. The van der Waals surface area contributed by atoms with Gasteiger partial charge in [0.1, 0.15) is 5.94 Å². The van der Waals surface area contributed by atoms with E-state index < -0.39 is 4.92 Å². The Morgan fingerprint density at radius 1 is 0.926 bits per heavy atom. The summed E-state index contributed by atoms with van der Waals surface area (Å²) in [6.45, 7) is 0. The van der Waals surface area contributed by atoms with Gasteiger partial charge in [0.15, 0.2) is 11.5 Å². The van der Waals surface area contributed by atoms with Gasteiger partial charge in [0.25, 0.3) is 5.69 Å². The van der Waals surface area contributed by atoms with Crippen LogP contribution in [-0.2, 0) is 0 Å². The molecular weight excluding hydrogens is 382 g/mol. The molecule has 7 heteroatoms. The van der Waals surface area contributed by atoms with Crippen LogP contribution in [0.4, 0.5) is 5.69 Å². The van der Waals surface area contributed by atoms with Crippen molar-refractivity contribution in [1.82, 2.24) is 0 Å². The molecule has 0 saturated carbocycles. The predicted molar refractivity (Wildman–Crippen MR) is 108 cm³/mol. The van der Waals surface area contributed by atoms with Crippen molar-refractivity contribution in [3.8, 4) is 11.5 Å². The van der Waals surface area contributed by atoms with E-state index in [2.05, 4.69) is 0 Å². The zero-order valence-electron chi connectivity index (χ0n) is 14.5. The van der Waals surface area contributed by atoms with Gasteiger partial charge < -0.3 is 9.47 Å². The Bertz CT molecular complexity index is 905. The lowest BCUT2D eigenvalue weighted by Crippen LogP contribution is -1.99. The molecule has 0 spiro atoms. The number of nitro benzene ring substituents is 1. The van der Waals surface area contributed by atoms with Crippen LogP contribution in [0, 0.1) is 10.1 Å².